The largest absolute Gasteiger partial charge is 0.467 e. The molecule has 0 saturated heterocycles. The molecule has 0 aliphatic rings. The SMILES string of the molecule is COC(=O)C(CCc1cccc(Cl)c1)NC(=O)C(=O)N(C(C)C)C(C)C. The van der Waals surface area contributed by atoms with Gasteiger partial charge in [-0.05, 0) is 58.2 Å². The zero-order valence-corrected chi connectivity index (χ0v) is 16.7. The van der Waals surface area contributed by atoms with Gasteiger partial charge in [0.25, 0.3) is 0 Å². The second kappa shape index (κ2) is 10.2. The highest BCUT2D eigenvalue weighted by Gasteiger charge is 2.30. The maximum absolute atomic E-state index is 12.4. The van der Waals surface area contributed by atoms with Gasteiger partial charge in [-0.2, -0.15) is 0 Å². The zero-order chi connectivity index (χ0) is 19.9. The number of carbonyl (C=O) groups is 3. The number of carbonyl (C=O) groups excluding carboxylic acids is 3. The van der Waals surface area contributed by atoms with E-state index in [0.29, 0.717) is 17.9 Å². The minimum absolute atomic E-state index is 0.128. The Morgan fingerprint density at radius 2 is 1.77 bits per heavy atom. The molecule has 144 valence electrons. The van der Waals surface area contributed by atoms with Gasteiger partial charge >= 0.3 is 17.8 Å². The number of nitrogens with zero attached hydrogens (tertiary/aromatic N) is 1. The topological polar surface area (TPSA) is 75.7 Å². The van der Waals surface area contributed by atoms with Crippen molar-refractivity contribution in [2.75, 3.05) is 7.11 Å². The van der Waals surface area contributed by atoms with Crippen LogP contribution in [0, 0.1) is 0 Å². The predicted molar refractivity (Wildman–Crippen MR) is 101 cm³/mol. The van der Waals surface area contributed by atoms with Gasteiger partial charge in [-0.25, -0.2) is 4.79 Å². The Hall–Kier alpha value is -2.08. The summed E-state index contributed by atoms with van der Waals surface area (Å²) in [5.74, 6) is -2.06. The quantitative estimate of drug-likeness (QED) is 0.581. The van der Waals surface area contributed by atoms with Gasteiger partial charge in [-0.3, -0.25) is 9.59 Å². The van der Waals surface area contributed by atoms with Gasteiger partial charge in [0.1, 0.15) is 6.04 Å². The lowest BCUT2D eigenvalue weighted by atomic mass is 10.0. The first-order chi connectivity index (χ1) is 12.2. The Labute approximate surface area is 159 Å². The number of rotatable bonds is 7. The molecule has 7 heteroatoms. The highest BCUT2D eigenvalue weighted by molar-refractivity contribution is 6.35. The number of ether oxygens (including phenoxy) is 1. The molecule has 26 heavy (non-hydrogen) atoms. The van der Waals surface area contributed by atoms with E-state index < -0.39 is 23.8 Å². The van der Waals surface area contributed by atoms with Crippen LogP contribution in [0.4, 0.5) is 0 Å². The summed E-state index contributed by atoms with van der Waals surface area (Å²) in [6.07, 6.45) is 0.808. The van der Waals surface area contributed by atoms with Crippen molar-refractivity contribution in [1.29, 1.82) is 0 Å². The number of aryl methyl sites for hydroxylation is 1. The van der Waals surface area contributed by atoms with Crippen LogP contribution in [-0.2, 0) is 25.5 Å². The third-order valence-corrected chi connectivity index (χ3v) is 4.18. The molecule has 2 amide bonds. The van der Waals surface area contributed by atoms with Crippen LogP contribution in [0.1, 0.15) is 39.7 Å². The highest BCUT2D eigenvalue weighted by Crippen LogP contribution is 2.13. The smallest absolute Gasteiger partial charge is 0.328 e. The Morgan fingerprint density at radius 3 is 2.27 bits per heavy atom. The number of hydrogen-bond donors (Lipinski definition) is 1. The van der Waals surface area contributed by atoms with Crippen LogP contribution in [0.5, 0.6) is 0 Å². The zero-order valence-electron chi connectivity index (χ0n) is 15.9. The van der Waals surface area contributed by atoms with Gasteiger partial charge in [0.2, 0.25) is 0 Å². The van der Waals surface area contributed by atoms with Crippen LogP contribution in [-0.4, -0.2) is 47.9 Å². The average molecular weight is 383 g/mol. The van der Waals surface area contributed by atoms with E-state index in [4.69, 9.17) is 16.3 Å². The lowest BCUT2D eigenvalue weighted by molar-refractivity contribution is -0.151. The van der Waals surface area contributed by atoms with Crippen LogP contribution < -0.4 is 5.32 Å². The molecule has 0 saturated carbocycles. The average Bonchev–Trinajstić information content (AvgIpc) is 2.56. The van der Waals surface area contributed by atoms with E-state index in [1.807, 2.05) is 39.8 Å². The van der Waals surface area contributed by atoms with E-state index in [1.165, 1.54) is 12.0 Å². The summed E-state index contributed by atoms with van der Waals surface area (Å²) in [7, 11) is 1.25. The van der Waals surface area contributed by atoms with Crippen molar-refractivity contribution >= 4 is 29.4 Å². The molecule has 1 aromatic rings. The summed E-state index contributed by atoms with van der Waals surface area (Å²) in [5.41, 5.74) is 0.929. The first-order valence-corrected chi connectivity index (χ1v) is 9.00. The molecule has 0 aromatic heterocycles. The van der Waals surface area contributed by atoms with Crippen LogP contribution in [0.15, 0.2) is 24.3 Å². The normalized spacial score (nSPS) is 12.0. The Bertz CT molecular complexity index is 638. The van der Waals surface area contributed by atoms with Crippen LogP contribution >= 0.6 is 11.6 Å². The second-order valence-electron chi connectivity index (χ2n) is 6.62. The van der Waals surface area contributed by atoms with Crippen molar-refractivity contribution in [3.63, 3.8) is 0 Å². The number of esters is 1. The molecule has 6 nitrogen and oxygen atoms in total. The van der Waals surface area contributed by atoms with Crippen LogP contribution in [0.3, 0.4) is 0 Å². The van der Waals surface area contributed by atoms with Crippen molar-refractivity contribution in [2.45, 2.75) is 58.7 Å². The predicted octanol–water partition coefficient (Wildman–Crippen LogP) is 2.58. The maximum atomic E-state index is 12.4. The molecule has 0 heterocycles. The number of amides is 2. The van der Waals surface area contributed by atoms with E-state index >= 15 is 0 Å². The van der Waals surface area contributed by atoms with Gasteiger partial charge in [0.15, 0.2) is 0 Å². The van der Waals surface area contributed by atoms with Crippen molar-refractivity contribution in [3.05, 3.63) is 34.9 Å². The summed E-state index contributed by atoms with van der Waals surface area (Å²) in [6, 6.07) is 6.09. The van der Waals surface area contributed by atoms with Gasteiger partial charge in [0.05, 0.1) is 7.11 Å². The molecule has 0 aliphatic heterocycles. The molecular formula is C19H27ClN2O4. The lowest BCUT2D eigenvalue weighted by Gasteiger charge is -2.30. The van der Waals surface area contributed by atoms with E-state index in [0.717, 1.165) is 5.56 Å². The van der Waals surface area contributed by atoms with E-state index in [1.54, 1.807) is 12.1 Å². The number of hydrogen-bond acceptors (Lipinski definition) is 4. The standard InChI is InChI=1S/C19H27ClN2O4/c1-12(2)22(13(3)4)18(24)17(23)21-16(19(25)26-5)10-9-14-7-6-8-15(20)11-14/h6-8,11-13,16H,9-10H2,1-5H3,(H,21,23). The number of halogens is 1. The van der Waals surface area contributed by atoms with Crippen molar-refractivity contribution in [2.24, 2.45) is 0 Å². The van der Waals surface area contributed by atoms with Crippen molar-refractivity contribution in [3.8, 4) is 0 Å². The molecule has 0 spiro atoms. The Balaban J connectivity index is 2.82. The summed E-state index contributed by atoms with van der Waals surface area (Å²) in [6.45, 7) is 7.34. The van der Waals surface area contributed by atoms with E-state index in [2.05, 4.69) is 5.32 Å². The molecule has 1 rings (SSSR count). The van der Waals surface area contributed by atoms with Gasteiger partial charge in [-0.15, -0.1) is 0 Å². The third-order valence-electron chi connectivity index (χ3n) is 3.94. The first kappa shape index (κ1) is 22.0. The second-order valence-corrected chi connectivity index (χ2v) is 7.05. The van der Waals surface area contributed by atoms with E-state index in [9.17, 15) is 14.4 Å². The first-order valence-electron chi connectivity index (χ1n) is 8.62. The number of nitrogens with one attached hydrogen (secondary N) is 1. The summed E-state index contributed by atoms with van der Waals surface area (Å²) < 4.78 is 4.76. The highest BCUT2D eigenvalue weighted by atomic mass is 35.5. The summed E-state index contributed by atoms with van der Waals surface area (Å²) >= 11 is 5.96. The molecule has 0 radical (unpaired) electrons. The fourth-order valence-corrected chi connectivity index (χ4v) is 3.01. The van der Waals surface area contributed by atoms with Gasteiger partial charge in [0, 0.05) is 17.1 Å². The molecule has 1 unspecified atom stereocenters. The summed E-state index contributed by atoms with van der Waals surface area (Å²) in [5, 5.41) is 3.10. The molecule has 0 bridgehead atoms. The Kier molecular flexibility index (Phi) is 8.58. The van der Waals surface area contributed by atoms with Gasteiger partial charge in [-0.1, -0.05) is 23.7 Å². The fourth-order valence-electron chi connectivity index (χ4n) is 2.80. The van der Waals surface area contributed by atoms with E-state index in [-0.39, 0.29) is 12.1 Å². The summed E-state index contributed by atoms with van der Waals surface area (Å²) in [4.78, 5) is 38.3. The Morgan fingerprint density at radius 1 is 1.15 bits per heavy atom. The number of benzene rings is 1. The van der Waals surface area contributed by atoms with Crippen LogP contribution in [0.2, 0.25) is 5.02 Å². The van der Waals surface area contributed by atoms with Gasteiger partial charge < -0.3 is 15.0 Å². The monoisotopic (exact) mass is 382 g/mol. The maximum Gasteiger partial charge on any atom is 0.328 e. The van der Waals surface area contributed by atoms with Crippen molar-refractivity contribution in [1.82, 2.24) is 10.2 Å². The molecular weight excluding hydrogens is 356 g/mol. The number of methoxy groups -OCH3 is 1. The molecule has 0 aliphatic carbocycles. The fraction of sp³-hybridized carbons (Fsp3) is 0.526. The third kappa shape index (κ3) is 6.33. The lowest BCUT2D eigenvalue weighted by Crippen LogP contribution is -2.53. The molecule has 1 aromatic carbocycles. The molecule has 0 fully saturated rings. The minimum atomic E-state index is -0.906. The minimum Gasteiger partial charge on any atom is -0.467 e. The molecule has 1 atom stereocenters. The van der Waals surface area contributed by atoms with Crippen molar-refractivity contribution < 1.29 is 19.1 Å². The van der Waals surface area contributed by atoms with Crippen LogP contribution in [0.25, 0.3) is 0 Å². The molecule has 1 N–H and O–H groups in total.